The third kappa shape index (κ3) is 5.04. The summed E-state index contributed by atoms with van der Waals surface area (Å²) in [6.45, 7) is 8.53. The molecule has 2 aromatic rings. The number of hydrogen-bond acceptors (Lipinski definition) is 5. The first-order valence-electron chi connectivity index (χ1n) is 8.17. The monoisotopic (exact) mass is 387 g/mol. The Morgan fingerprint density at radius 2 is 2.12 bits per heavy atom. The maximum absolute atomic E-state index is 12.4. The number of thiophene rings is 1. The molecule has 1 amide bonds. The van der Waals surface area contributed by atoms with E-state index in [-0.39, 0.29) is 11.0 Å². The first kappa shape index (κ1) is 19.9. The van der Waals surface area contributed by atoms with Gasteiger partial charge in [-0.1, -0.05) is 19.9 Å². The number of carbonyl (C=O) groups excluding carboxylic acids is 1. The van der Waals surface area contributed by atoms with Gasteiger partial charge in [0.1, 0.15) is 16.8 Å². The molecule has 0 bridgehead atoms. The van der Waals surface area contributed by atoms with E-state index in [1.165, 1.54) is 11.3 Å². The predicted octanol–water partition coefficient (Wildman–Crippen LogP) is 4.40. The van der Waals surface area contributed by atoms with Gasteiger partial charge in [-0.05, 0) is 55.7 Å². The van der Waals surface area contributed by atoms with Gasteiger partial charge in [-0.15, -0.1) is 11.3 Å². The molecule has 0 aliphatic rings. The molecule has 1 aromatic carbocycles. The molecule has 1 heterocycles. The molecule has 0 atom stereocenters. The Bertz CT molecular complexity index is 866. The van der Waals surface area contributed by atoms with Gasteiger partial charge in [-0.3, -0.25) is 10.1 Å². The average Bonchev–Trinajstić information content (AvgIpc) is 2.86. The molecule has 5 nitrogen and oxygen atoms in total. The second-order valence-electron chi connectivity index (χ2n) is 6.24. The fourth-order valence-corrected chi connectivity index (χ4v) is 3.42. The van der Waals surface area contributed by atoms with Gasteiger partial charge < -0.3 is 10.1 Å². The van der Waals surface area contributed by atoms with Crippen LogP contribution >= 0.6 is 23.6 Å². The lowest BCUT2D eigenvalue weighted by Crippen LogP contribution is -2.34. The number of aryl methyl sites for hydroxylation is 1. The Labute approximate surface area is 163 Å². The number of amides is 1. The van der Waals surface area contributed by atoms with Crippen LogP contribution in [0, 0.1) is 31.1 Å². The van der Waals surface area contributed by atoms with E-state index in [1.807, 2.05) is 19.9 Å². The standard InChI is InChI=1S/C19H21N3O2S2/c1-11(2)10-24-15-7-5-6-14(8-15)17(23)21-19(25)22-18-16(9-20)12(3)13(4)26-18/h5-8,11H,10H2,1-4H3,(H2,21,22,23,25). The highest BCUT2D eigenvalue weighted by molar-refractivity contribution is 7.80. The molecule has 1 aromatic heterocycles. The highest BCUT2D eigenvalue weighted by Gasteiger charge is 2.15. The number of thiocarbonyl (C=S) groups is 1. The highest BCUT2D eigenvalue weighted by Crippen LogP contribution is 2.31. The maximum atomic E-state index is 12.4. The van der Waals surface area contributed by atoms with Gasteiger partial charge in [0.15, 0.2) is 5.11 Å². The molecule has 0 unspecified atom stereocenters. The van der Waals surface area contributed by atoms with Crippen molar-refractivity contribution in [2.75, 3.05) is 11.9 Å². The van der Waals surface area contributed by atoms with Crippen molar-refractivity contribution in [2.45, 2.75) is 27.7 Å². The smallest absolute Gasteiger partial charge is 0.257 e. The van der Waals surface area contributed by atoms with E-state index < -0.39 is 0 Å². The number of benzene rings is 1. The summed E-state index contributed by atoms with van der Waals surface area (Å²) in [6, 6.07) is 9.12. The minimum Gasteiger partial charge on any atom is -0.493 e. The molecule has 0 fully saturated rings. The molecule has 0 saturated carbocycles. The minimum atomic E-state index is -0.332. The molecule has 2 rings (SSSR count). The number of rotatable bonds is 5. The molecule has 0 aliphatic carbocycles. The summed E-state index contributed by atoms with van der Waals surface area (Å²) in [7, 11) is 0. The van der Waals surface area contributed by atoms with Crippen molar-refractivity contribution >= 4 is 39.6 Å². The third-order valence-corrected chi connectivity index (χ3v) is 4.96. The van der Waals surface area contributed by atoms with Gasteiger partial charge >= 0.3 is 0 Å². The normalized spacial score (nSPS) is 10.3. The quantitative estimate of drug-likeness (QED) is 0.744. The second kappa shape index (κ2) is 8.79. The lowest BCUT2D eigenvalue weighted by atomic mass is 10.2. The topological polar surface area (TPSA) is 74.2 Å². The van der Waals surface area contributed by atoms with Crippen molar-refractivity contribution in [3.8, 4) is 11.8 Å². The lowest BCUT2D eigenvalue weighted by Gasteiger charge is -2.11. The lowest BCUT2D eigenvalue weighted by molar-refractivity contribution is 0.0977. The fourth-order valence-electron chi connectivity index (χ4n) is 2.15. The van der Waals surface area contributed by atoms with Gasteiger partial charge in [0.2, 0.25) is 0 Å². The summed E-state index contributed by atoms with van der Waals surface area (Å²) >= 11 is 6.65. The van der Waals surface area contributed by atoms with Gasteiger partial charge in [-0.2, -0.15) is 5.26 Å². The van der Waals surface area contributed by atoms with E-state index in [0.717, 1.165) is 10.4 Å². The molecule has 7 heteroatoms. The summed E-state index contributed by atoms with van der Waals surface area (Å²) in [5.74, 6) is 0.707. The van der Waals surface area contributed by atoms with Crippen molar-refractivity contribution in [3.63, 3.8) is 0 Å². The van der Waals surface area contributed by atoms with Crippen LogP contribution in [0.1, 0.15) is 40.2 Å². The summed E-state index contributed by atoms with van der Waals surface area (Å²) in [5.41, 5.74) is 1.92. The molecule has 0 radical (unpaired) electrons. The third-order valence-electron chi connectivity index (χ3n) is 3.63. The molecular weight excluding hydrogens is 366 g/mol. The Morgan fingerprint density at radius 1 is 1.38 bits per heavy atom. The predicted molar refractivity (Wildman–Crippen MR) is 109 cm³/mol. The van der Waals surface area contributed by atoms with Crippen molar-refractivity contribution in [3.05, 3.63) is 45.8 Å². The summed E-state index contributed by atoms with van der Waals surface area (Å²) < 4.78 is 5.64. The zero-order chi connectivity index (χ0) is 19.3. The van der Waals surface area contributed by atoms with Crippen LogP contribution in [0.5, 0.6) is 5.75 Å². The maximum Gasteiger partial charge on any atom is 0.257 e. The van der Waals surface area contributed by atoms with Crippen LogP contribution in [0.3, 0.4) is 0 Å². The Kier molecular flexibility index (Phi) is 6.72. The average molecular weight is 388 g/mol. The Hall–Kier alpha value is -2.43. The SMILES string of the molecule is Cc1sc(NC(=S)NC(=O)c2cccc(OCC(C)C)c2)c(C#N)c1C. The van der Waals surface area contributed by atoms with Gasteiger partial charge in [0, 0.05) is 10.4 Å². The van der Waals surface area contributed by atoms with E-state index >= 15 is 0 Å². The van der Waals surface area contributed by atoms with Crippen LogP contribution in [-0.2, 0) is 0 Å². The largest absolute Gasteiger partial charge is 0.493 e. The first-order chi connectivity index (χ1) is 12.3. The molecule has 26 heavy (non-hydrogen) atoms. The number of nitrogens with one attached hydrogen (secondary N) is 2. The zero-order valence-corrected chi connectivity index (χ0v) is 16.8. The fraction of sp³-hybridized carbons (Fsp3) is 0.316. The summed E-state index contributed by atoms with van der Waals surface area (Å²) in [6.07, 6.45) is 0. The highest BCUT2D eigenvalue weighted by atomic mass is 32.1. The molecule has 0 aliphatic heterocycles. The minimum absolute atomic E-state index is 0.154. The number of anilines is 1. The van der Waals surface area contributed by atoms with Crippen LogP contribution < -0.4 is 15.4 Å². The summed E-state index contributed by atoms with van der Waals surface area (Å²) in [5, 5.41) is 15.7. The van der Waals surface area contributed by atoms with E-state index in [1.54, 1.807) is 18.2 Å². The zero-order valence-electron chi connectivity index (χ0n) is 15.2. The van der Waals surface area contributed by atoms with Crippen LogP contribution in [-0.4, -0.2) is 17.6 Å². The number of hydrogen-bond donors (Lipinski definition) is 2. The Balaban J connectivity index is 2.04. The van der Waals surface area contributed by atoms with Crippen LogP contribution in [0.2, 0.25) is 0 Å². The number of ether oxygens (including phenoxy) is 1. The van der Waals surface area contributed by atoms with Crippen molar-refractivity contribution in [1.29, 1.82) is 5.26 Å². The molecule has 0 saturated heterocycles. The summed E-state index contributed by atoms with van der Waals surface area (Å²) in [4.78, 5) is 13.4. The van der Waals surface area contributed by atoms with Gasteiger partial charge in [0.05, 0.1) is 12.2 Å². The number of nitrogens with zero attached hydrogens (tertiary/aromatic N) is 1. The number of nitriles is 1. The molecule has 0 spiro atoms. The molecule has 2 N–H and O–H groups in total. The number of carbonyl (C=O) groups is 1. The van der Waals surface area contributed by atoms with Crippen LogP contribution in [0.4, 0.5) is 5.00 Å². The second-order valence-corrected chi connectivity index (χ2v) is 7.87. The van der Waals surface area contributed by atoms with E-state index in [2.05, 4.69) is 30.6 Å². The van der Waals surface area contributed by atoms with E-state index in [0.29, 0.717) is 34.4 Å². The molecular formula is C19H21N3O2S2. The van der Waals surface area contributed by atoms with E-state index in [9.17, 15) is 10.1 Å². The van der Waals surface area contributed by atoms with Crippen molar-refractivity contribution < 1.29 is 9.53 Å². The Morgan fingerprint density at radius 3 is 2.77 bits per heavy atom. The van der Waals surface area contributed by atoms with Crippen LogP contribution in [0.25, 0.3) is 0 Å². The van der Waals surface area contributed by atoms with Crippen molar-refractivity contribution in [1.82, 2.24) is 5.32 Å². The van der Waals surface area contributed by atoms with E-state index in [4.69, 9.17) is 17.0 Å². The van der Waals surface area contributed by atoms with Crippen molar-refractivity contribution in [2.24, 2.45) is 5.92 Å². The first-order valence-corrected chi connectivity index (χ1v) is 9.39. The van der Waals surface area contributed by atoms with Gasteiger partial charge in [-0.25, -0.2) is 0 Å². The molecule has 136 valence electrons. The van der Waals surface area contributed by atoms with Gasteiger partial charge in [0.25, 0.3) is 5.91 Å². The van der Waals surface area contributed by atoms with Crippen LogP contribution in [0.15, 0.2) is 24.3 Å².